The lowest BCUT2D eigenvalue weighted by Crippen LogP contribution is -2.37. The van der Waals surface area contributed by atoms with Gasteiger partial charge >= 0.3 is 0 Å². The fraction of sp³-hybridized carbons (Fsp3) is 0.692. The van der Waals surface area contributed by atoms with Crippen LogP contribution in [0.2, 0.25) is 0 Å². The summed E-state index contributed by atoms with van der Waals surface area (Å²) in [5.41, 5.74) is 7.07. The van der Waals surface area contributed by atoms with E-state index in [2.05, 4.69) is 26.8 Å². The van der Waals surface area contributed by atoms with Gasteiger partial charge in [-0.3, -0.25) is 4.79 Å². The van der Waals surface area contributed by atoms with Crippen molar-refractivity contribution >= 4 is 11.6 Å². The zero-order chi connectivity index (χ0) is 21.1. The average Bonchev–Trinajstić information content (AvgIpc) is 2.99. The Morgan fingerprint density at radius 1 is 1.11 bits per heavy atom. The van der Waals surface area contributed by atoms with Gasteiger partial charge < -0.3 is 4.79 Å². The van der Waals surface area contributed by atoms with Crippen molar-refractivity contribution in [2.24, 2.45) is 16.7 Å². The Bertz CT molecular complexity index is 721. The third-order valence-corrected chi connectivity index (χ3v) is 7.69. The van der Waals surface area contributed by atoms with Gasteiger partial charge in [0, 0.05) is 18.3 Å². The molecule has 0 amide bonds. The molecule has 0 radical (unpaired) electrons. The van der Waals surface area contributed by atoms with E-state index in [-0.39, 0.29) is 11.2 Å². The number of fused-ring (bicyclic) bond motifs is 4. The Morgan fingerprint density at radius 2 is 1.75 bits per heavy atom. The number of hydrogen-bond donors (Lipinski definition) is 0. The Kier molecular flexibility index (Phi) is 7.28. The number of carbonyl (C=O) groups is 2. The summed E-state index contributed by atoms with van der Waals surface area (Å²) in [6, 6.07) is 0. The third-order valence-electron chi connectivity index (χ3n) is 7.69. The van der Waals surface area contributed by atoms with Gasteiger partial charge in [0.25, 0.3) is 0 Å². The summed E-state index contributed by atoms with van der Waals surface area (Å²) in [6.45, 7) is 14.7. The van der Waals surface area contributed by atoms with Crippen LogP contribution in [-0.2, 0) is 9.59 Å². The second kappa shape index (κ2) is 8.93. The zero-order valence-corrected chi connectivity index (χ0v) is 19.2. The topological polar surface area (TPSA) is 34.1 Å². The molecule has 4 aliphatic rings. The molecular weight excluding hydrogens is 344 g/mol. The predicted molar refractivity (Wildman–Crippen MR) is 118 cm³/mol. The van der Waals surface area contributed by atoms with Crippen LogP contribution in [0, 0.1) is 16.7 Å². The average molecular weight is 385 g/mol. The first-order valence-electron chi connectivity index (χ1n) is 11.4. The van der Waals surface area contributed by atoms with Crippen LogP contribution in [-0.4, -0.2) is 11.6 Å². The highest BCUT2D eigenvalue weighted by Crippen LogP contribution is 2.61. The lowest BCUT2D eigenvalue weighted by molar-refractivity contribution is -0.117. The molecule has 0 bridgehead atoms. The summed E-state index contributed by atoms with van der Waals surface area (Å²) in [4.78, 5) is 21.6. The van der Waals surface area contributed by atoms with E-state index in [4.69, 9.17) is 0 Å². The van der Waals surface area contributed by atoms with Crippen LogP contribution in [0.25, 0.3) is 0 Å². The van der Waals surface area contributed by atoms with Crippen LogP contribution in [0.3, 0.4) is 0 Å². The van der Waals surface area contributed by atoms with Gasteiger partial charge in [0.15, 0.2) is 5.78 Å². The minimum Gasteiger partial charge on any atom is -0.300 e. The molecule has 0 aliphatic heterocycles. The molecule has 4 rings (SSSR count). The highest BCUT2D eigenvalue weighted by molar-refractivity contribution is 5.92. The summed E-state index contributed by atoms with van der Waals surface area (Å²) < 4.78 is 0. The Morgan fingerprint density at radius 3 is 2.36 bits per heavy atom. The van der Waals surface area contributed by atoms with Crippen molar-refractivity contribution in [3.63, 3.8) is 0 Å². The molecule has 0 heterocycles. The fourth-order valence-corrected chi connectivity index (χ4v) is 5.41. The molecule has 0 aromatic rings. The van der Waals surface area contributed by atoms with Gasteiger partial charge in [0.1, 0.15) is 5.78 Å². The van der Waals surface area contributed by atoms with E-state index in [0.29, 0.717) is 17.6 Å². The van der Waals surface area contributed by atoms with E-state index in [9.17, 15) is 9.59 Å². The van der Waals surface area contributed by atoms with Crippen LogP contribution in [0.15, 0.2) is 34.4 Å². The van der Waals surface area contributed by atoms with E-state index in [0.717, 1.165) is 31.6 Å². The minimum atomic E-state index is 0.190. The van der Waals surface area contributed by atoms with E-state index >= 15 is 0 Å². The van der Waals surface area contributed by atoms with Crippen LogP contribution in [0.5, 0.6) is 0 Å². The molecule has 4 aliphatic carbocycles. The molecule has 28 heavy (non-hydrogen) atoms. The molecule has 0 spiro atoms. The monoisotopic (exact) mass is 384 g/mol. The standard InChI is InChI=1S/C20H26O.C4H8O.C2H6/c1-13-4-7-17-16-6-5-14-12-15(21)8-10-20(14,3)18(16)9-11-19(13,17)2;1-3-4(2)5;1-2/h7,12-13H,4-6,8-11H2,1-3H3;3H2,1-2H3;1-2H3. The molecule has 0 fully saturated rings. The van der Waals surface area contributed by atoms with Gasteiger partial charge in [-0.15, -0.1) is 0 Å². The van der Waals surface area contributed by atoms with Crippen molar-refractivity contribution in [2.45, 2.75) is 99.8 Å². The predicted octanol–water partition coefficient (Wildman–Crippen LogP) is 7.15. The highest BCUT2D eigenvalue weighted by Gasteiger charge is 2.49. The summed E-state index contributed by atoms with van der Waals surface area (Å²) in [5.74, 6) is 1.39. The van der Waals surface area contributed by atoms with Crippen LogP contribution < -0.4 is 0 Å². The number of Topliss-reactive ketones (excluding diaryl/α,β-unsaturated/α-hetero) is 1. The first-order chi connectivity index (χ1) is 13.2. The molecular formula is C26H40O2. The fourth-order valence-electron chi connectivity index (χ4n) is 5.41. The Balaban J connectivity index is 0.000000352. The number of carbonyl (C=O) groups excluding carboxylic acids is 2. The summed E-state index contributed by atoms with van der Waals surface area (Å²) in [5, 5.41) is 0. The van der Waals surface area contributed by atoms with Crippen LogP contribution in [0.4, 0.5) is 0 Å². The summed E-state index contributed by atoms with van der Waals surface area (Å²) in [7, 11) is 0. The van der Waals surface area contributed by atoms with E-state index in [1.165, 1.54) is 24.8 Å². The number of rotatable bonds is 1. The molecule has 0 saturated carbocycles. The van der Waals surface area contributed by atoms with Gasteiger partial charge in [0.2, 0.25) is 0 Å². The van der Waals surface area contributed by atoms with Crippen molar-refractivity contribution in [2.75, 3.05) is 0 Å². The SMILES string of the molecule is CC.CC1CC=C2C3=C(CCC21C)C1(C)CCC(=O)C=C1CC3.CCC(C)=O. The van der Waals surface area contributed by atoms with Crippen molar-refractivity contribution in [1.82, 2.24) is 0 Å². The number of hydrogen-bond acceptors (Lipinski definition) is 2. The molecule has 3 unspecified atom stereocenters. The largest absolute Gasteiger partial charge is 0.300 e. The number of allylic oxidation sites excluding steroid dienone is 6. The van der Waals surface area contributed by atoms with Crippen LogP contribution in [0.1, 0.15) is 99.8 Å². The van der Waals surface area contributed by atoms with Gasteiger partial charge in [-0.25, -0.2) is 0 Å². The Labute approximate surface area is 172 Å². The maximum Gasteiger partial charge on any atom is 0.155 e. The van der Waals surface area contributed by atoms with E-state index in [1.807, 2.05) is 26.8 Å². The summed E-state index contributed by atoms with van der Waals surface area (Å²) >= 11 is 0. The maximum absolute atomic E-state index is 11.8. The lowest BCUT2D eigenvalue weighted by Gasteiger charge is -2.49. The first kappa shape index (κ1) is 22.8. The van der Waals surface area contributed by atoms with Crippen molar-refractivity contribution in [3.8, 4) is 0 Å². The number of ketones is 2. The zero-order valence-electron chi connectivity index (χ0n) is 19.2. The molecule has 2 nitrogen and oxygen atoms in total. The molecule has 3 atom stereocenters. The van der Waals surface area contributed by atoms with Gasteiger partial charge in [-0.2, -0.15) is 0 Å². The molecule has 156 valence electrons. The maximum atomic E-state index is 11.8. The van der Waals surface area contributed by atoms with Gasteiger partial charge in [-0.1, -0.05) is 58.8 Å². The minimum absolute atomic E-state index is 0.190. The van der Waals surface area contributed by atoms with E-state index < -0.39 is 0 Å². The molecule has 0 saturated heterocycles. The van der Waals surface area contributed by atoms with E-state index in [1.54, 1.807) is 23.6 Å². The normalized spacial score (nSPS) is 33.1. The molecule has 0 N–H and O–H groups in total. The molecule has 0 aromatic carbocycles. The van der Waals surface area contributed by atoms with Gasteiger partial charge in [0.05, 0.1) is 0 Å². The van der Waals surface area contributed by atoms with Gasteiger partial charge in [-0.05, 0) is 74.0 Å². The quantitative estimate of drug-likeness (QED) is 0.481. The van der Waals surface area contributed by atoms with Crippen LogP contribution >= 0.6 is 0 Å². The third kappa shape index (κ3) is 3.98. The van der Waals surface area contributed by atoms with Crippen molar-refractivity contribution in [1.29, 1.82) is 0 Å². The first-order valence-corrected chi connectivity index (χ1v) is 11.4. The molecule has 0 aromatic heterocycles. The molecule has 2 heteroatoms. The smallest absolute Gasteiger partial charge is 0.155 e. The second-order valence-electron chi connectivity index (χ2n) is 9.15. The lowest BCUT2D eigenvalue weighted by atomic mass is 9.55. The van der Waals surface area contributed by atoms with Crippen molar-refractivity contribution < 1.29 is 9.59 Å². The van der Waals surface area contributed by atoms with Crippen molar-refractivity contribution in [3.05, 3.63) is 34.4 Å². The second-order valence-corrected chi connectivity index (χ2v) is 9.15. The summed E-state index contributed by atoms with van der Waals surface area (Å²) in [6.07, 6.45) is 13.0. The Hall–Kier alpha value is -1.44. The highest BCUT2D eigenvalue weighted by atomic mass is 16.1.